The molecule has 0 saturated carbocycles. The number of hydrogen-bond donors (Lipinski definition) is 3. The van der Waals surface area contributed by atoms with Gasteiger partial charge < -0.3 is 15.7 Å². The van der Waals surface area contributed by atoms with E-state index in [2.05, 4.69) is 15.6 Å². The van der Waals surface area contributed by atoms with Crippen molar-refractivity contribution >= 4 is 41.5 Å². The summed E-state index contributed by atoms with van der Waals surface area (Å²) in [7, 11) is 1.78. The van der Waals surface area contributed by atoms with Crippen LogP contribution in [0, 0.1) is 0 Å². The molecule has 0 aliphatic rings. The SMILES string of the molecule is CN=C(NCCCc1ccc(O)cc1)NCCc1ccc(Cl)cc1.I. The molecule has 0 bridgehead atoms. The molecular weight excluding hydrogens is 449 g/mol. The largest absolute Gasteiger partial charge is 0.508 e. The summed E-state index contributed by atoms with van der Waals surface area (Å²) in [6.07, 6.45) is 2.89. The van der Waals surface area contributed by atoms with Gasteiger partial charge in [0.15, 0.2) is 5.96 Å². The van der Waals surface area contributed by atoms with Gasteiger partial charge in [-0.1, -0.05) is 35.9 Å². The second kappa shape index (κ2) is 12.0. The van der Waals surface area contributed by atoms with E-state index in [0.717, 1.165) is 43.3 Å². The van der Waals surface area contributed by atoms with Crippen LogP contribution in [0.3, 0.4) is 0 Å². The molecule has 0 amide bonds. The lowest BCUT2D eigenvalue weighted by atomic mass is 10.1. The van der Waals surface area contributed by atoms with E-state index < -0.39 is 0 Å². The fraction of sp³-hybridized carbons (Fsp3) is 0.316. The molecule has 0 saturated heterocycles. The Bertz CT molecular complexity index is 645. The summed E-state index contributed by atoms with van der Waals surface area (Å²) in [6, 6.07) is 15.2. The number of phenols is 1. The quantitative estimate of drug-likeness (QED) is 0.247. The molecule has 0 heterocycles. The van der Waals surface area contributed by atoms with Crippen molar-refractivity contribution in [3.8, 4) is 5.75 Å². The maximum absolute atomic E-state index is 9.27. The fourth-order valence-electron chi connectivity index (χ4n) is 2.36. The van der Waals surface area contributed by atoms with Crippen LogP contribution in [-0.2, 0) is 12.8 Å². The van der Waals surface area contributed by atoms with E-state index in [1.165, 1.54) is 11.1 Å². The van der Waals surface area contributed by atoms with Crippen molar-refractivity contribution in [2.24, 2.45) is 4.99 Å². The van der Waals surface area contributed by atoms with E-state index in [9.17, 15) is 5.11 Å². The van der Waals surface area contributed by atoms with Crippen molar-refractivity contribution in [3.63, 3.8) is 0 Å². The highest BCUT2D eigenvalue weighted by Gasteiger charge is 1.99. The van der Waals surface area contributed by atoms with Crippen molar-refractivity contribution in [3.05, 3.63) is 64.7 Å². The van der Waals surface area contributed by atoms with Crippen LogP contribution in [0.5, 0.6) is 5.75 Å². The number of nitrogens with one attached hydrogen (secondary N) is 2. The Morgan fingerprint density at radius 2 is 1.48 bits per heavy atom. The predicted octanol–water partition coefficient (Wildman–Crippen LogP) is 4.00. The van der Waals surface area contributed by atoms with E-state index in [-0.39, 0.29) is 24.0 Å². The van der Waals surface area contributed by atoms with Crippen LogP contribution in [0.15, 0.2) is 53.5 Å². The number of halogens is 2. The average molecular weight is 474 g/mol. The maximum Gasteiger partial charge on any atom is 0.190 e. The zero-order valence-electron chi connectivity index (χ0n) is 14.3. The number of nitrogens with zero attached hydrogens (tertiary/aromatic N) is 1. The molecule has 25 heavy (non-hydrogen) atoms. The third kappa shape index (κ3) is 8.45. The van der Waals surface area contributed by atoms with Crippen molar-refractivity contribution in [2.75, 3.05) is 20.1 Å². The summed E-state index contributed by atoms with van der Waals surface area (Å²) in [5, 5.41) is 16.7. The third-order valence-corrected chi connectivity index (χ3v) is 3.97. The topological polar surface area (TPSA) is 56.7 Å². The Balaban J connectivity index is 0.00000312. The van der Waals surface area contributed by atoms with Crippen LogP contribution < -0.4 is 10.6 Å². The predicted molar refractivity (Wildman–Crippen MR) is 116 cm³/mol. The normalized spacial score (nSPS) is 10.9. The van der Waals surface area contributed by atoms with Crippen molar-refractivity contribution in [2.45, 2.75) is 19.3 Å². The molecule has 136 valence electrons. The van der Waals surface area contributed by atoms with Crippen LogP contribution in [0.1, 0.15) is 17.5 Å². The highest BCUT2D eigenvalue weighted by atomic mass is 127. The maximum atomic E-state index is 9.27. The van der Waals surface area contributed by atoms with Gasteiger partial charge in [-0.25, -0.2) is 0 Å². The Morgan fingerprint density at radius 3 is 2.12 bits per heavy atom. The summed E-state index contributed by atoms with van der Waals surface area (Å²) in [5.74, 6) is 1.12. The van der Waals surface area contributed by atoms with Gasteiger partial charge in [0.25, 0.3) is 0 Å². The average Bonchev–Trinajstić information content (AvgIpc) is 2.60. The smallest absolute Gasteiger partial charge is 0.190 e. The summed E-state index contributed by atoms with van der Waals surface area (Å²) in [6.45, 7) is 1.67. The molecule has 0 aliphatic carbocycles. The molecule has 0 unspecified atom stereocenters. The van der Waals surface area contributed by atoms with Crippen LogP contribution in [0.25, 0.3) is 0 Å². The Labute approximate surface area is 171 Å². The van der Waals surface area contributed by atoms with E-state index in [1.54, 1.807) is 19.2 Å². The number of benzene rings is 2. The fourth-order valence-corrected chi connectivity index (χ4v) is 2.48. The molecule has 6 heteroatoms. The van der Waals surface area contributed by atoms with Gasteiger partial charge in [-0.3, -0.25) is 4.99 Å². The number of aryl methyl sites for hydroxylation is 1. The van der Waals surface area contributed by atoms with Gasteiger partial charge in [0.1, 0.15) is 5.75 Å². The molecule has 0 fully saturated rings. The lowest BCUT2D eigenvalue weighted by Crippen LogP contribution is -2.38. The first kappa shape index (κ1) is 21.6. The highest BCUT2D eigenvalue weighted by molar-refractivity contribution is 14.0. The molecule has 0 radical (unpaired) electrons. The van der Waals surface area contributed by atoms with Crippen LogP contribution in [-0.4, -0.2) is 31.2 Å². The lowest BCUT2D eigenvalue weighted by Gasteiger charge is -2.12. The number of rotatable bonds is 7. The van der Waals surface area contributed by atoms with Gasteiger partial charge in [0.2, 0.25) is 0 Å². The van der Waals surface area contributed by atoms with E-state index >= 15 is 0 Å². The molecule has 0 spiro atoms. The van der Waals surface area contributed by atoms with Gasteiger partial charge in [-0.15, -0.1) is 24.0 Å². The first-order chi connectivity index (χ1) is 11.7. The zero-order valence-corrected chi connectivity index (χ0v) is 17.4. The van der Waals surface area contributed by atoms with E-state index in [1.807, 2.05) is 36.4 Å². The molecule has 2 aromatic carbocycles. The second-order valence-corrected chi connectivity index (χ2v) is 6.01. The first-order valence-electron chi connectivity index (χ1n) is 8.14. The molecule has 0 aromatic heterocycles. The minimum Gasteiger partial charge on any atom is -0.508 e. The number of hydrogen-bond acceptors (Lipinski definition) is 2. The minimum atomic E-state index is 0. The summed E-state index contributed by atoms with van der Waals surface area (Å²) in [4.78, 5) is 4.23. The molecular formula is C19H25ClIN3O. The molecule has 2 rings (SSSR count). The highest BCUT2D eigenvalue weighted by Crippen LogP contribution is 2.11. The number of phenolic OH excluding ortho intramolecular Hbond substituents is 1. The van der Waals surface area contributed by atoms with E-state index in [0.29, 0.717) is 5.75 Å². The Kier molecular flexibility index (Phi) is 10.3. The van der Waals surface area contributed by atoms with Crippen molar-refractivity contribution < 1.29 is 5.11 Å². The van der Waals surface area contributed by atoms with E-state index in [4.69, 9.17) is 11.6 Å². The van der Waals surface area contributed by atoms with Gasteiger partial charge >= 0.3 is 0 Å². The van der Waals surface area contributed by atoms with Crippen molar-refractivity contribution in [1.82, 2.24) is 10.6 Å². The zero-order chi connectivity index (χ0) is 17.2. The Morgan fingerprint density at radius 1 is 0.920 bits per heavy atom. The minimum absolute atomic E-state index is 0. The standard InChI is InChI=1S/C19H24ClN3O.HI/c1-21-19(23-14-12-16-4-8-17(20)9-5-16)22-13-2-3-15-6-10-18(24)11-7-15;/h4-11,24H,2-3,12-14H2,1H3,(H2,21,22,23);1H. The summed E-state index contributed by atoms with van der Waals surface area (Å²) in [5.41, 5.74) is 2.47. The lowest BCUT2D eigenvalue weighted by molar-refractivity contribution is 0.475. The first-order valence-corrected chi connectivity index (χ1v) is 8.52. The number of aromatic hydroxyl groups is 1. The molecule has 4 nitrogen and oxygen atoms in total. The third-order valence-electron chi connectivity index (χ3n) is 3.71. The van der Waals surface area contributed by atoms with Gasteiger partial charge in [-0.05, 0) is 54.7 Å². The molecule has 0 atom stereocenters. The van der Waals surface area contributed by atoms with Crippen LogP contribution >= 0.6 is 35.6 Å². The molecule has 2 aromatic rings. The van der Waals surface area contributed by atoms with Crippen LogP contribution in [0.4, 0.5) is 0 Å². The number of guanidine groups is 1. The monoisotopic (exact) mass is 473 g/mol. The molecule has 3 N–H and O–H groups in total. The number of aliphatic imine (C=N–C) groups is 1. The summed E-state index contributed by atoms with van der Waals surface area (Å²) >= 11 is 5.88. The molecule has 0 aliphatic heterocycles. The van der Waals surface area contributed by atoms with Gasteiger partial charge in [-0.2, -0.15) is 0 Å². The second-order valence-electron chi connectivity index (χ2n) is 5.57. The van der Waals surface area contributed by atoms with Gasteiger partial charge in [0, 0.05) is 25.2 Å². The van der Waals surface area contributed by atoms with Crippen LogP contribution in [0.2, 0.25) is 5.02 Å². The Hall–Kier alpha value is -1.47. The van der Waals surface area contributed by atoms with Crippen molar-refractivity contribution in [1.29, 1.82) is 0 Å². The van der Waals surface area contributed by atoms with Gasteiger partial charge in [0.05, 0.1) is 0 Å². The summed E-state index contributed by atoms with van der Waals surface area (Å²) < 4.78 is 0.